The van der Waals surface area contributed by atoms with Crippen LogP contribution >= 0.6 is 0 Å². The van der Waals surface area contributed by atoms with E-state index in [1.807, 2.05) is 24.4 Å². The Morgan fingerprint density at radius 3 is 2.62 bits per heavy atom. The average Bonchev–Trinajstić information content (AvgIpc) is 2.85. The fourth-order valence-corrected chi connectivity index (χ4v) is 1.53. The first-order valence-electron chi connectivity index (χ1n) is 4.87. The zero-order valence-corrected chi connectivity index (χ0v) is 9.20. The van der Waals surface area contributed by atoms with Crippen LogP contribution in [-0.4, -0.2) is 29.0 Å². The number of nitrogens with zero attached hydrogens (tertiary/aromatic N) is 3. The third-order valence-corrected chi connectivity index (χ3v) is 2.22. The first-order valence-corrected chi connectivity index (χ1v) is 4.87. The quantitative estimate of drug-likeness (QED) is 0.732. The van der Waals surface area contributed by atoms with Gasteiger partial charge in [-0.2, -0.15) is 5.10 Å². The van der Waals surface area contributed by atoms with Crippen LogP contribution in [0.15, 0.2) is 36.8 Å². The van der Waals surface area contributed by atoms with Gasteiger partial charge < -0.3 is 9.47 Å². The van der Waals surface area contributed by atoms with E-state index in [0.29, 0.717) is 5.82 Å². The second kappa shape index (κ2) is 4.87. The standard InChI is InChI=1S/C11H13N3O2/c1-15-11(16-2)9-5-3-6-12-10(9)14-8-4-7-13-14/h3-8,11H,1-2H3. The molecule has 0 N–H and O–H groups in total. The highest BCUT2D eigenvalue weighted by Crippen LogP contribution is 2.21. The molecule has 0 aliphatic heterocycles. The summed E-state index contributed by atoms with van der Waals surface area (Å²) >= 11 is 0. The van der Waals surface area contributed by atoms with E-state index in [1.54, 1.807) is 31.3 Å². The van der Waals surface area contributed by atoms with Crippen molar-refractivity contribution in [1.29, 1.82) is 0 Å². The fourth-order valence-electron chi connectivity index (χ4n) is 1.53. The number of methoxy groups -OCH3 is 2. The summed E-state index contributed by atoms with van der Waals surface area (Å²) < 4.78 is 12.1. The molecular formula is C11H13N3O2. The molecule has 0 saturated carbocycles. The molecule has 16 heavy (non-hydrogen) atoms. The highest BCUT2D eigenvalue weighted by Gasteiger charge is 2.15. The van der Waals surface area contributed by atoms with Crippen LogP contribution in [0.1, 0.15) is 11.9 Å². The van der Waals surface area contributed by atoms with Gasteiger partial charge in [-0.3, -0.25) is 0 Å². The third kappa shape index (κ3) is 1.95. The first kappa shape index (κ1) is 10.8. The molecule has 0 spiro atoms. The summed E-state index contributed by atoms with van der Waals surface area (Å²) in [7, 11) is 3.18. The number of hydrogen-bond donors (Lipinski definition) is 0. The second-order valence-electron chi connectivity index (χ2n) is 3.17. The van der Waals surface area contributed by atoms with Crippen LogP contribution in [0.4, 0.5) is 0 Å². The Balaban J connectivity index is 2.45. The molecule has 0 saturated heterocycles. The largest absolute Gasteiger partial charge is 0.352 e. The Morgan fingerprint density at radius 2 is 2.00 bits per heavy atom. The Bertz CT molecular complexity index is 438. The Labute approximate surface area is 93.6 Å². The van der Waals surface area contributed by atoms with Crippen molar-refractivity contribution in [2.45, 2.75) is 6.29 Å². The highest BCUT2D eigenvalue weighted by molar-refractivity contribution is 5.33. The number of ether oxygens (including phenoxy) is 2. The van der Waals surface area contributed by atoms with Crippen LogP contribution in [-0.2, 0) is 9.47 Å². The molecule has 2 heterocycles. The van der Waals surface area contributed by atoms with Gasteiger partial charge in [-0.05, 0) is 18.2 Å². The van der Waals surface area contributed by atoms with E-state index >= 15 is 0 Å². The number of rotatable bonds is 4. The number of aromatic nitrogens is 3. The predicted molar refractivity (Wildman–Crippen MR) is 58.1 cm³/mol. The lowest BCUT2D eigenvalue weighted by atomic mass is 10.2. The Kier molecular flexibility index (Phi) is 3.28. The molecule has 0 aliphatic rings. The maximum absolute atomic E-state index is 5.22. The van der Waals surface area contributed by atoms with Crippen LogP contribution in [0.2, 0.25) is 0 Å². The molecule has 0 bridgehead atoms. The zero-order valence-electron chi connectivity index (χ0n) is 9.20. The van der Waals surface area contributed by atoms with E-state index in [-0.39, 0.29) is 0 Å². The van der Waals surface area contributed by atoms with Gasteiger partial charge in [0, 0.05) is 32.8 Å². The van der Waals surface area contributed by atoms with Crippen LogP contribution in [0, 0.1) is 0 Å². The minimum Gasteiger partial charge on any atom is -0.352 e. The van der Waals surface area contributed by atoms with Crippen molar-refractivity contribution in [3.8, 4) is 5.82 Å². The van der Waals surface area contributed by atoms with E-state index in [0.717, 1.165) is 5.56 Å². The summed E-state index contributed by atoms with van der Waals surface area (Å²) in [6, 6.07) is 5.59. The van der Waals surface area contributed by atoms with E-state index < -0.39 is 6.29 Å². The fraction of sp³-hybridized carbons (Fsp3) is 0.273. The lowest BCUT2D eigenvalue weighted by Crippen LogP contribution is -2.10. The lowest BCUT2D eigenvalue weighted by molar-refractivity contribution is -0.106. The SMILES string of the molecule is COC(OC)c1cccnc1-n1cccn1. The Morgan fingerprint density at radius 1 is 1.19 bits per heavy atom. The van der Waals surface area contributed by atoms with Gasteiger partial charge in [-0.25, -0.2) is 9.67 Å². The summed E-state index contributed by atoms with van der Waals surface area (Å²) in [5.74, 6) is 0.709. The molecule has 0 radical (unpaired) electrons. The summed E-state index contributed by atoms with van der Waals surface area (Å²) in [5.41, 5.74) is 0.844. The number of pyridine rings is 1. The third-order valence-electron chi connectivity index (χ3n) is 2.22. The van der Waals surface area contributed by atoms with Crippen molar-refractivity contribution in [1.82, 2.24) is 14.8 Å². The normalized spacial score (nSPS) is 10.9. The predicted octanol–water partition coefficient (Wildman–Crippen LogP) is 1.56. The van der Waals surface area contributed by atoms with Gasteiger partial charge in [0.2, 0.25) is 0 Å². The van der Waals surface area contributed by atoms with Gasteiger partial charge in [0.25, 0.3) is 0 Å². The summed E-state index contributed by atoms with van der Waals surface area (Å²) in [5, 5.41) is 4.14. The van der Waals surface area contributed by atoms with Crippen LogP contribution in [0.5, 0.6) is 0 Å². The van der Waals surface area contributed by atoms with E-state index in [1.165, 1.54) is 0 Å². The first-order chi connectivity index (χ1) is 7.86. The highest BCUT2D eigenvalue weighted by atomic mass is 16.7. The van der Waals surface area contributed by atoms with E-state index in [2.05, 4.69) is 10.1 Å². The van der Waals surface area contributed by atoms with Gasteiger partial charge in [-0.1, -0.05) is 0 Å². The average molecular weight is 219 g/mol. The van der Waals surface area contributed by atoms with E-state index in [4.69, 9.17) is 9.47 Å². The molecular weight excluding hydrogens is 206 g/mol. The summed E-state index contributed by atoms with van der Waals surface area (Å²) in [6.45, 7) is 0. The molecule has 5 heteroatoms. The maximum atomic E-state index is 5.22. The molecule has 0 fully saturated rings. The smallest absolute Gasteiger partial charge is 0.186 e. The molecule has 0 aliphatic carbocycles. The monoisotopic (exact) mass is 219 g/mol. The van der Waals surface area contributed by atoms with Crippen molar-refractivity contribution in [2.24, 2.45) is 0 Å². The topological polar surface area (TPSA) is 49.2 Å². The van der Waals surface area contributed by atoms with Crippen molar-refractivity contribution in [3.63, 3.8) is 0 Å². The zero-order chi connectivity index (χ0) is 11.4. The number of hydrogen-bond acceptors (Lipinski definition) is 4. The molecule has 0 amide bonds. The summed E-state index contributed by atoms with van der Waals surface area (Å²) in [4.78, 5) is 4.28. The molecule has 2 aromatic heterocycles. The van der Waals surface area contributed by atoms with Crippen molar-refractivity contribution < 1.29 is 9.47 Å². The van der Waals surface area contributed by atoms with Gasteiger partial charge in [0.1, 0.15) is 0 Å². The van der Waals surface area contributed by atoms with Crippen molar-refractivity contribution in [2.75, 3.05) is 14.2 Å². The van der Waals surface area contributed by atoms with Crippen LogP contribution < -0.4 is 0 Å². The molecule has 2 rings (SSSR count). The maximum Gasteiger partial charge on any atom is 0.186 e. The van der Waals surface area contributed by atoms with Gasteiger partial charge in [0.05, 0.1) is 5.56 Å². The Hall–Kier alpha value is -1.72. The van der Waals surface area contributed by atoms with Crippen molar-refractivity contribution in [3.05, 3.63) is 42.4 Å². The van der Waals surface area contributed by atoms with Gasteiger partial charge >= 0.3 is 0 Å². The lowest BCUT2D eigenvalue weighted by Gasteiger charge is -2.16. The van der Waals surface area contributed by atoms with Crippen LogP contribution in [0.25, 0.3) is 5.82 Å². The summed E-state index contributed by atoms with van der Waals surface area (Å²) in [6.07, 6.45) is 4.80. The van der Waals surface area contributed by atoms with Gasteiger partial charge in [-0.15, -0.1) is 0 Å². The molecule has 5 nitrogen and oxygen atoms in total. The minimum atomic E-state index is -0.437. The molecule has 2 aromatic rings. The minimum absolute atomic E-state index is 0.437. The van der Waals surface area contributed by atoms with Gasteiger partial charge in [0.15, 0.2) is 12.1 Å². The van der Waals surface area contributed by atoms with Crippen molar-refractivity contribution >= 4 is 0 Å². The second-order valence-corrected chi connectivity index (χ2v) is 3.17. The molecule has 0 unspecified atom stereocenters. The molecule has 0 atom stereocenters. The van der Waals surface area contributed by atoms with Crippen LogP contribution in [0.3, 0.4) is 0 Å². The molecule has 0 aromatic carbocycles. The van der Waals surface area contributed by atoms with E-state index in [9.17, 15) is 0 Å². The molecule has 84 valence electrons.